The molecule has 0 aromatic rings. The van der Waals surface area contributed by atoms with Crippen LogP contribution in [0.2, 0.25) is 0 Å². The smallest absolute Gasteiger partial charge is 0.303 e. The van der Waals surface area contributed by atoms with Crippen molar-refractivity contribution in [2.45, 2.75) is 53.2 Å². The lowest BCUT2D eigenvalue weighted by molar-refractivity contribution is -0.212. The van der Waals surface area contributed by atoms with Crippen LogP contribution in [0.1, 0.15) is 41.0 Å². The van der Waals surface area contributed by atoms with Crippen molar-refractivity contribution < 1.29 is 15.0 Å². The van der Waals surface area contributed by atoms with Crippen molar-refractivity contribution in [1.29, 1.82) is 0 Å². The topological polar surface area (TPSA) is 60.8 Å². The predicted molar refractivity (Wildman–Crippen MR) is 69.0 cm³/mol. The van der Waals surface area contributed by atoms with Gasteiger partial charge in [0.25, 0.3) is 0 Å². The number of hydrogen-bond acceptors (Lipinski definition) is 3. The van der Waals surface area contributed by atoms with Crippen molar-refractivity contribution in [1.82, 2.24) is 4.90 Å². The van der Waals surface area contributed by atoms with E-state index in [1.54, 1.807) is 6.92 Å². The summed E-state index contributed by atoms with van der Waals surface area (Å²) >= 11 is 0. The third-order valence-electron chi connectivity index (χ3n) is 3.64. The van der Waals surface area contributed by atoms with Gasteiger partial charge in [0.2, 0.25) is 0 Å². The van der Waals surface area contributed by atoms with Crippen molar-refractivity contribution in [3.05, 3.63) is 0 Å². The Labute approximate surface area is 105 Å². The summed E-state index contributed by atoms with van der Waals surface area (Å²) in [7, 11) is 4.17. The van der Waals surface area contributed by atoms with Crippen LogP contribution >= 0.6 is 0 Å². The molecule has 0 aliphatic heterocycles. The molecule has 4 nitrogen and oxygen atoms in total. The maximum Gasteiger partial charge on any atom is 0.303 e. The van der Waals surface area contributed by atoms with Crippen molar-refractivity contribution in [3.8, 4) is 0 Å². The van der Waals surface area contributed by atoms with Gasteiger partial charge in [0, 0.05) is 23.3 Å². The fraction of sp³-hybridized carbons (Fsp3) is 0.923. The number of carbonyl (C=O) groups is 1. The fourth-order valence-electron chi connectivity index (χ4n) is 3.45. The standard InChI is InChI=1S/C10H21NO.C3H6O2/c1-9(2)7(11(5)6)10(3,4)8(9)12;1-2-3(4)5/h7-8,12H,1-6H3;2H2,1H3,(H,4,5). The second-order valence-electron chi connectivity index (χ2n) is 6.16. The minimum Gasteiger partial charge on any atom is -0.481 e. The molecule has 0 radical (unpaired) electrons. The number of hydrogen-bond donors (Lipinski definition) is 2. The predicted octanol–water partition coefficient (Wildman–Crippen LogP) is 1.82. The summed E-state index contributed by atoms with van der Waals surface area (Å²) in [5, 5.41) is 17.6. The Morgan fingerprint density at radius 2 is 1.47 bits per heavy atom. The fourth-order valence-corrected chi connectivity index (χ4v) is 3.45. The van der Waals surface area contributed by atoms with Gasteiger partial charge in [-0.2, -0.15) is 0 Å². The van der Waals surface area contributed by atoms with E-state index in [2.05, 4.69) is 46.7 Å². The van der Waals surface area contributed by atoms with Gasteiger partial charge in [-0.15, -0.1) is 0 Å². The molecule has 0 bridgehead atoms. The summed E-state index contributed by atoms with van der Waals surface area (Å²) in [5.41, 5.74) is 0.0694. The number of rotatable bonds is 2. The minimum absolute atomic E-state index is 0.0347. The first-order valence-electron chi connectivity index (χ1n) is 6.05. The Morgan fingerprint density at radius 3 is 1.59 bits per heavy atom. The SMILES string of the molecule is CCC(=O)O.CN(C)C1C(C)(C)C(O)C1(C)C. The van der Waals surface area contributed by atoms with E-state index in [0.717, 1.165) is 0 Å². The average molecular weight is 245 g/mol. The van der Waals surface area contributed by atoms with Crippen LogP contribution in [0.25, 0.3) is 0 Å². The first-order chi connectivity index (χ1) is 7.49. The molecule has 0 aromatic heterocycles. The lowest BCUT2D eigenvalue weighted by Crippen LogP contribution is -2.71. The van der Waals surface area contributed by atoms with E-state index >= 15 is 0 Å². The molecule has 1 aliphatic rings. The summed E-state index contributed by atoms with van der Waals surface area (Å²) in [4.78, 5) is 11.6. The van der Waals surface area contributed by atoms with Crippen molar-refractivity contribution in [2.75, 3.05) is 14.1 Å². The van der Waals surface area contributed by atoms with E-state index in [-0.39, 0.29) is 23.4 Å². The molecule has 0 saturated heterocycles. The van der Waals surface area contributed by atoms with Gasteiger partial charge in [0.1, 0.15) is 0 Å². The number of carboxylic acids is 1. The Balaban J connectivity index is 0.000000437. The molecule has 1 saturated carbocycles. The Bertz CT molecular complexity index is 256. The van der Waals surface area contributed by atoms with E-state index in [4.69, 9.17) is 5.11 Å². The van der Waals surface area contributed by atoms with E-state index in [1.165, 1.54) is 0 Å². The van der Waals surface area contributed by atoms with Crippen molar-refractivity contribution in [3.63, 3.8) is 0 Å². The van der Waals surface area contributed by atoms with Gasteiger partial charge in [0.15, 0.2) is 0 Å². The largest absolute Gasteiger partial charge is 0.481 e. The van der Waals surface area contributed by atoms with Crippen LogP contribution in [-0.2, 0) is 4.79 Å². The number of nitrogens with zero attached hydrogens (tertiary/aromatic N) is 1. The monoisotopic (exact) mass is 245 g/mol. The molecular formula is C13H27NO3. The molecule has 0 spiro atoms. The van der Waals surface area contributed by atoms with E-state index in [1.807, 2.05) is 0 Å². The summed E-state index contributed by atoms with van der Waals surface area (Å²) in [6.07, 6.45) is 0.0393. The first kappa shape index (κ1) is 16.4. The van der Waals surface area contributed by atoms with Crippen molar-refractivity contribution >= 4 is 5.97 Å². The zero-order valence-corrected chi connectivity index (χ0v) is 12.1. The van der Waals surface area contributed by atoms with Gasteiger partial charge >= 0.3 is 5.97 Å². The minimum atomic E-state index is -0.745. The van der Waals surface area contributed by atoms with Gasteiger partial charge in [-0.3, -0.25) is 4.79 Å². The highest BCUT2D eigenvalue weighted by molar-refractivity contribution is 5.66. The van der Waals surface area contributed by atoms with Gasteiger partial charge < -0.3 is 15.1 Å². The van der Waals surface area contributed by atoms with Crippen LogP contribution in [0.4, 0.5) is 0 Å². The van der Waals surface area contributed by atoms with Gasteiger partial charge in [-0.25, -0.2) is 0 Å². The van der Waals surface area contributed by atoms with E-state index in [9.17, 15) is 9.90 Å². The molecule has 4 heteroatoms. The van der Waals surface area contributed by atoms with Crippen LogP contribution in [0.3, 0.4) is 0 Å². The Kier molecular flexibility index (Phi) is 5.16. The van der Waals surface area contributed by atoms with E-state index in [0.29, 0.717) is 6.04 Å². The highest BCUT2D eigenvalue weighted by atomic mass is 16.4. The van der Waals surface area contributed by atoms with Crippen LogP contribution < -0.4 is 0 Å². The summed E-state index contributed by atoms with van der Waals surface area (Å²) < 4.78 is 0. The lowest BCUT2D eigenvalue weighted by Gasteiger charge is -2.64. The van der Waals surface area contributed by atoms with Crippen molar-refractivity contribution in [2.24, 2.45) is 10.8 Å². The van der Waals surface area contributed by atoms with Crippen LogP contribution in [0, 0.1) is 10.8 Å². The number of aliphatic hydroxyl groups excluding tert-OH is 1. The number of aliphatic carboxylic acids is 1. The Morgan fingerprint density at radius 1 is 1.18 bits per heavy atom. The van der Waals surface area contributed by atoms with Gasteiger partial charge in [-0.1, -0.05) is 34.6 Å². The third kappa shape index (κ3) is 3.19. The molecule has 17 heavy (non-hydrogen) atoms. The first-order valence-corrected chi connectivity index (χ1v) is 6.05. The molecule has 0 amide bonds. The second kappa shape index (κ2) is 5.36. The number of carboxylic acid groups (broad SMARTS) is 1. The molecule has 1 aliphatic carbocycles. The molecule has 2 N–H and O–H groups in total. The zero-order valence-electron chi connectivity index (χ0n) is 12.1. The Hall–Kier alpha value is -0.610. The maximum atomic E-state index is 9.90. The molecule has 0 heterocycles. The molecular weight excluding hydrogens is 218 g/mol. The average Bonchev–Trinajstić information content (AvgIpc) is 2.15. The van der Waals surface area contributed by atoms with Gasteiger partial charge in [0.05, 0.1) is 6.10 Å². The zero-order chi connectivity index (χ0) is 14.0. The maximum absolute atomic E-state index is 9.90. The lowest BCUT2D eigenvalue weighted by atomic mass is 9.49. The molecule has 1 rings (SSSR count). The quantitative estimate of drug-likeness (QED) is 0.779. The third-order valence-corrected chi connectivity index (χ3v) is 3.64. The summed E-state index contributed by atoms with van der Waals surface area (Å²) in [5.74, 6) is -0.745. The molecule has 0 atom stereocenters. The molecule has 0 unspecified atom stereocenters. The summed E-state index contributed by atoms with van der Waals surface area (Å²) in [6, 6.07) is 0.472. The normalized spacial score (nSPS) is 29.0. The van der Waals surface area contributed by atoms with Gasteiger partial charge in [-0.05, 0) is 14.1 Å². The molecule has 1 fully saturated rings. The van der Waals surface area contributed by atoms with Crippen LogP contribution in [-0.4, -0.2) is 47.3 Å². The van der Waals surface area contributed by atoms with Crippen LogP contribution in [0.5, 0.6) is 0 Å². The highest BCUT2D eigenvalue weighted by Crippen LogP contribution is 2.55. The summed E-state index contributed by atoms with van der Waals surface area (Å²) in [6.45, 7) is 10.1. The molecule has 102 valence electrons. The number of aliphatic hydroxyl groups is 1. The second-order valence-corrected chi connectivity index (χ2v) is 6.16. The van der Waals surface area contributed by atoms with Crippen LogP contribution in [0.15, 0.2) is 0 Å². The van der Waals surface area contributed by atoms with E-state index < -0.39 is 5.97 Å². The highest BCUT2D eigenvalue weighted by Gasteiger charge is 2.61. The molecule has 0 aromatic carbocycles.